The van der Waals surface area contributed by atoms with Crippen LogP contribution in [-0.4, -0.2) is 26.5 Å². The second kappa shape index (κ2) is 5.07. The summed E-state index contributed by atoms with van der Waals surface area (Å²) < 4.78 is 1.70. The van der Waals surface area contributed by atoms with E-state index < -0.39 is 0 Å². The molecule has 0 spiro atoms. The van der Waals surface area contributed by atoms with Gasteiger partial charge in [-0.25, -0.2) is 4.98 Å². The van der Waals surface area contributed by atoms with Gasteiger partial charge in [0.15, 0.2) is 5.82 Å². The highest BCUT2D eigenvalue weighted by molar-refractivity contribution is 4.98. The normalized spacial score (nSPS) is 13.1. The molecule has 0 aromatic carbocycles. The monoisotopic (exact) mass is 198 g/mol. The molecule has 1 aromatic heterocycles. The second-order valence-electron chi connectivity index (χ2n) is 3.38. The summed E-state index contributed by atoms with van der Waals surface area (Å²) in [5.41, 5.74) is 5.83. The zero-order valence-corrected chi connectivity index (χ0v) is 8.77. The molecular weight excluding hydrogens is 180 g/mol. The Balaban J connectivity index is 2.75. The van der Waals surface area contributed by atoms with Crippen molar-refractivity contribution in [1.29, 1.82) is 0 Å². The van der Waals surface area contributed by atoms with E-state index in [9.17, 15) is 0 Å². The average Bonchev–Trinajstić information content (AvgIpc) is 2.48. The number of aryl methyl sites for hydroxylation is 2. The van der Waals surface area contributed by atoms with Gasteiger partial charge in [0.2, 0.25) is 0 Å². The molecule has 0 aliphatic rings. The van der Waals surface area contributed by atoms with E-state index >= 15 is 0 Å². The van der Waals surface area contributed by atoms with Gasteiger partial charge in [0.05, 0.1) is 6.04 Å². The Bertz CT molecular complexity index is 284. The lowest BCUT2D eigenvalue weighted by atomic mass is 10.2. The fourth-order valence-corrected chi connectivity index (χ4v) is 1.37. The first-order valence-electron chi connectivity index (χ1n) is 4.95. The molecule has 80 valence electrons. The minimum absolute atomic E-state index is 0.0805. The van der Waals surface area contributed by atoms with Gasteiger partial charge in [0.1, 0.15) is 5.82 Å². The number of nitrogens with two attached hydrogens (primary N) is 1. The van der Waals surface area contributed by atoms with Crippen molar-refractivity contribution < 1.29 is 5.11 Å². The minimum Gasteiger partial charge on any atom is -0.396 e. The topological polar surface area (TPSA) is 77.0 Å². The number of aliphatic hydroxyl groups excluding tert-OH is 1. The van der Waals surface area contributed by atoms with Gasteiger partial charge < -0.3 is 10.8 Å². The summed E-state index contributed by atoms with van der Waals surface area (Å²) in [7, 11) is 1.83. The highest BCUT2D eigenvalue weighted by Gasteiger charge is 2.13. The first-order valence-corrected chi connectivity index (χ1v) is 4.95. The van der Waals surface area contributed by atoms with Crippen molar-refractivity contribution in [3.8, 4) is 0 Å². The van der Waals surface area contributed by atoms with E-state index in [0.717, 1.165) is 24.5 Å². The number of aliphatic hydroxyl groups is 1. The van der Waals surface area contributed by atoms with Gasteiger partial charge >= 0.3 is 0 Å². The maximum atomic E-state index is 8.76. The van der Waals surface area contributed by atoms with E-state index in [0.29, 0.717) is 6.42 Å². The van der Waals surface area contributed by atoms with Crippen LogP contribution in [0.15, 0.2) is 0 Å². The SMILES string of the molecule is CCCc1nc(C(N)CCO)n(C)n1. The molecule has 0 saturated heterocycles. The van der Waals surface area contributed by atoms with Crippen LogP contribution in [0.2, 0.25) is 0 Å². The summed E-state index contributed by atoms with van der Waals surface area (Å²) in [6, 6.07) is -0.219. The second-order valence-corrected chi connectivity index (χ2v) is 3.38. The molecular formula is C9H18N4O. The van der Waals surface area contributed by atoms with Crippen LogP contribution in [0.5, 0.6) is 0 Å². The van der Waals surface area contributed by atoms with Crippen molar-refractivity contribution in [2.75, 3.05) is 6.61 Å². The van der Waals surface area contributed by atoms with Crippen molar-refractivity contribution in [2.45, 2.75) is 32.2 Å². The van der Waals surface area contributed by atoms with E-state index in [1.165, 1.54) is 0 Å². The van der Waals surface area contributed by atoms with Crippen LogP contribution in [0.25, 0.3) is 0 Å². The summed E-state index contributed by atoms with van der Waals surface area (Å²) in [6.07, 6.45) is 2.43. The van der Waals surface area contributed by atoms with Crippen molar-refractivity contribution in [3.05, 3.63) is 11.6 Å². The molecule has 0 aliphatic heterocycles. The van der Waals surface area contributed by atoms with Crippen molar-refractivity contribution in [3.63, 3.8) is 0 Å². The van der Waals surface area contributed by atoms with E-state index in [1.807, 2.05) is 7.05 Å². The minimum atomic E-state index is -0.219. The molecule has 5 heteroatoms. The maximum Gasteiger partial charge on any atom is 0.151 e. The molecule has 0 fully saturated rings. The summed E-state index contributed by atoms with van der Waals surface area (Å²) >= 11 is 0. The fraction of sp³-hybridized carbons (Fsp3) is 0.778. The number of hydrogen-bond acceptors (Lipinski definition) is 4. The quantitative estimate of drug-likeness (QED) is 0.706. The van der Waals surface area contributed by atoms with Crippen molar-refractivity contribution in [2.24, 2.45) is 12.8 Å². The zero-order valence-electron chi connectivity index (χ0n) is 8.77. The molecule has 1 rings (SSSR count). The number of rotatable bonds is 5. The molecule has 0 amide bonds. The highest BCUT2D eigenvalue weighted by atomic mass is 16.3. The van der Waals surface area contributed by atoms with E-state index in [-0.39, 0.29) is 12.6 Å². The molecule has 0 bridgehead atoms. The van der Waals surface area contributed by atoms with Crippen molar-refractivity contribution >= 4 is 0 Å². The van der Waals surface area contributed by atoms with Gasteiger partial charge in [0.25, 0.3) is 0 Å². The van der Waals surface area contributed by atoms with Crippen LogP contribution in [-0.2, 0) is 13.5 Å². The molecule has 0 radical (unpaired) electrons. The summed E-state index contributed by atoms with van der Waals surface area (Å²) in [4.78, 5) is 4.33. The van der Waals surface area contributed by atoms with E-state index in [1.54, 1.807) is 4.68 Å². The predicted molar refractivity (Wildman–Crippen MR) is 53.6 cm³/mol. The van der Waals surface area contributed by atoms with Gasteiger partial charge in [-0.1, -0.05) is 6.92 Å². The fourth-order valence-electron chi connectivity index (χ4n) is 1.37. The number of nitrogens with zero attached hydrogens (tertiary/aromatic N) is 3. The van der Waals surface area contributed by atoms with Crippen LogP contribution >= 0.6 is 0 Å². The van der Waals surface area contributed by atoms with Crippen LogP contribution < -0.4 is 5.73 Å². The predicted octanol–water partition coefficient (Wildman–Crippen LogP) is 0.150. The number of hydrogen-bond donors (Lipinski definition) is 2. The Labute approximate surface area is 83.9 Å². The summed E-state index contributed by atoms with van der Waals surface area (Å²) in [6.45, 7) is 2.17. The largest absolute Gasteiger partial charge is 0.396 e. The third kappa shape index (κ3) is 2.52. The smallest absolute Gasteiger partial charge is 0.151 e. The van der Waals surface area contributed by atoms with Crippen LogP contribution in [0.3, 0.4) is 0 Å². The van der Waals surface area contributed by atoms with Gasteiger partial charge in [0, 0.05) is 20.1 Å². The molecule has 3 N–H and O–H groups in total. The summed E-state index contributed by atoms with van der Waals surface area (Å²) in [5.74, 6) is 1.58. The Kier molecular flexibility index (Phi) is 4.03. The Hall–Kier alpha value is -0.940. The Morgan fingerprint density at radius 2 is 2.29 bits per heavy atom. The average molecular weight is 198 g/mol. The Morgan fingerprint density at radius 3 is 2.86 bits per heavy atom. The first kappa shape index (κ1) is 11.1. The zero-order chi connectivity index (χ0) is 10.6. The third-order valence-electron chi connectivity index (χ3n) is 2.09. The summed E-state index contributed by atoms with van der Waals surface area (Å²) in [5, 5.41) is 13.0. The van der Waals surface area contributed by atoms with E-state index in [2.05, 4.69) is 17.0 Å². The van der Waals surface area contributed by atoms with Gasteiger partial charge in [-0.15, -0.1) is 0 Å². The third-order valence-corrected chi connectivity index (χ3v) is 2.09. The number of aromatic nitrogens is 3. The van der Waals surface area contributed by atoms with Crippen LogP contribution in [0.1, 0.15) is 37.5 Å². The lowest BCUT2D eigenvalue weighted by molar-refractivity contribution is 0.273. The lowest BCUT2D eigenvalue weighted by Gasteiger charge is -2.07. The molecule has 0 saturated carbocycles. The molecule has 14 heavy (non-hydrogen) atoms. The lowest BCUT2D eigenvalue weighted by Crippen LogP contribution is -2.17. The standard InChI is InChI=1S/C9H18N4O/c1-3-4-8-11-9(13(2)12-8)7(10)5-6-14/h7,14H,3-6,10H2,1-2H3. The molecule has 1 aromatic rings. The van der Waals surface area contributed by atoms with Gasteiger partial charge in [-0.2, -0.15) is 5.10 Å². The highest BCUT2D eigenvalue weighted by Crippen LogP contribution is 2.10. The molecule has 1 atom stereocenters. The molecule has 5 nitrogen and oxygen atoms in total. The van der Waals surface area contributed by atoms with Crippen LogP contribution in [0, 0.1) is 0 Å². The van der Waals surface area contributed by atoms with Crippen LogP contribution in [0.4, 0.5) is 0 Å². The maximum absolute atomic E-state index is 8.76. The molecule has 1 unspecified atom stereocenters. The van der Waals surface area contributed by atoms with E-state index in [4.69, 9.17) is 10.8 Å². The van der Waals surface area contributed by atoms with Gasteiger partial charge in [-0.3, -0.25) is 4.68 Å². The van der Waals surface area contributed by atoms with Crippen molar-refractivity contribution in [1.82, 2.24) is 14.8 Å². The Morgan fingerprint density at radius 1 is 1.57 bits per heavy atom. The first-order chi connectivity index (χ1) is 6.69. The molecule has 0 aliphatic carbocycles. The molecule has 1 heterocycles. The van der Waals surface area contributed by atoms with Gasteiger partial charge in [-0.05, 0) is 12.8 Å².